The van der Waals surface area contributed by atoms with E-state index in [1.807, 2.05) is 13.0 Å². The number of hydrogen-bond donors (Lipinski definition) is 1. The number of hydrogen-bond acceptors (Lipinski definition) is 5. The standard InChI is InChI=1S/C18H16FN5O.H2/c1-12-3-4-22-17(5-12)23-18(25)13-6-14(19)8-15(7-13)24(2)16-9-20-11-21-10-16;/h3-11H,1-2H3,(H,22,23,25);1H. The Balaban J connectivity index is 0.00000243. The number of nitrogens with zero attached hydrogens (tertiary/aromatic N) is 4. The quantitative estimate of drug-likeness (QED) is 0.786. The molecule has 1 aromatic carbocycles. The van der Waals surface area contributed by atoms with Crippen LogP contribution in [-0.4, -0.2) is 27.9 Å². The number of amides is 1. The average molecular weight is 339 g/mol. The van der Waals surface area contributed by atoms with Crippen molar-refractivity contribution in [2.45, 2.75) is 6.92 Å². The molecule has 1 N–H and O–H groups in total. The van der Waals surface area contributed by atoms with Crippen LogP contribution in [0, 0.1) is 12.7 Å². The van der Waals surface area contributed by atoms with Gasteiger partial charge in [0.15, 0.2) is 0 Å². The van der Waals surface area contributed by atoms with Gasteiger partial charge in [0.1, 0.15) is 18.0 Å². The molecule has 0 aliphatic carbocycles. The van der Waals surface area contributed by atoms with E-state index < -0.39 is 11.7 Å². The molecule has 0 bridgehead atoms. The van der Waals surface area contributed by atoms with Gasteiger partial charge in [-0.05, 0) is 42.8 Å². The summed E-state index contributed by atoms with van der Waals surface area (Å²) in [6, 6.07) is 7.69. The Morgan fingerprint density at radius 3 is 2.64 bits per heavy atom. The molecule has 0 aliphatic rings. The highest BCUT2D eigenvalue weighted by atomic mass is 19.1. The molecule has 0 spiro atoms. The molecular weight excluding hydrogens is 321 g/mol. The number of carbonyl (C=O) groups is 1. The molecule has 0 aliphatic heterocycles. The normalized spacial score (nSPS) is 10.4. The Morgan fingerprint density at radius 1 is 1.16 bits per heavy atom. The van der Waals surface area contributed by atoms with E-state index in [0.717, 1.165) is 5.56 Å². The first-order valence-corrected chi connectivity index (χ1v) is 7.56. The number of rotatable bonds is 4. The van der Waals surface area contributed by atoms with E-state index in [4.69, 9.17) is 0 Å². The number of nitrogens with one attached hydrogen (secondary N) is 1. The van der Waals surface area contributed by atoms with Crippen LogP contribution in [-0.2, 0) is 0 Å². The van der Waals surface area contributed by atoms with Gasteiger partial charge >= 0.3 is 0 Å². The molecule has 2 aromatic heterocycles. The van der Waals surface area contributed by atoms with Crippen LogP contribution < -0.4 is 10.2 Å². The topological polar surface area (TPSA) is 71.0 Å². The Kier molecular flexibility index (Phi) is 4.65. The van der Waals surface area contributed by atoms with Crippen LogP contribution >= 0.6 is 0 Å². The first kappa shape index (κ1) is 16.5. The highest BCUT2D eigenvalue weighted by Crippen LogP contribution is 2.24. The molecule has 25 heavy (non-hydrogen) atoms. The monoisotopic (exact) mass is 339 g/mol. The maximum absolute atomic E-state index is 14.0. The lowest BCUT2D eigenvalue weighted by molar-refractivity contribution is 0.102. The van der Waals surface area contributed by atoms with Gasteiger partial charge < -0.3 is 10.2 Å². The SMILES string of the molecule is Cc1ccnc(NC(=O)c2cc(F)cc(N(C)c3cncnc3)c2)c1.[HH]. The fourth-order valence-corrected chi connectivity index (χ4v) is 2.31. The van der Waals surface area contributed by atoms with E-state index in [2.05, 4.69) is 20.3 Å². The van der Waals surface area contributed by atoms with E-state index in [-0.39, 0.29) is 6.99 Å². The second-order valence-corrected chi connectivity index (χ2v) is 5.53. The van der Waals surface area contributed by atoms with Crippen molar-refractivity contribution >= 4 is 23.1 Å². The Morgan fingerprint density at radius 2 is 1.92 bits per heavy atom. The maximum atomic E-state index is 14.0. The van der Waals surface area contributed by atoms with Crippen molar-refractivity contribution in [2.24, 2.45) is 0 Å². The van der Waals surface area contributed by atoms with Gasteiger partial charge in [-0.25, -0.2) is 19.3 Å². The summed E-state index contributed by atoms with van der Waals surface area (Å²) < 4.78 is 14.0. The number of aryl methyl sites for hydroxylation is 1. The minimum Gasteiger partial charge on any atom is -0.342 e. The molecule has 3 rings (SSSR count). The molecule has 0 radical (unpaired) electrons. The van der Waals surface area contributed by atoms with Crippen LogP contribution in [0.25, 0.3) is 0 Å². The molecular formula is C18H18FN5O. The minimum atomic E-state index is -0.511. The summed E-state index contributed by atoms with van der Waals surface area (Å²) in [5.41, 5.74) is 2.35. The van der Waals surface area contributed by atoms with Gasteiger partial charge in [-0.1, -0.05) is 0 Å². The lowest BCUT2D eigenvalue weighted by atomic mass is 10.1. The van der Waals surface area contributed by atoms with Crippen molar-refractivity contribution in [2.75, 3.05) is 17.3 Å². The molecule has 1 amide bonds. The highest BCUT2D eigenvalue weighted by Gasteiger charge is 2.13. The Hall–Kier alpha value is -3.35. The molecule has 6 nitrogen and oxygen atoms in total. The van der Waals surface area contributed by atoms with E-state index in [9.17, 15) is 9.18 Å². The van der Waals surface area contributed by atoms with Crippen LogP contribution in [0.1, 0.15) is 17.3 Å². The number of benzene rings is 1. The van der Waals surface area contributed by atoms with Crippen LogP contribution in [0.4, 0.5) is 21.6 Å². The second-order valence-electron chi connectivity index (χ2n) is 5.53. The molecule has 7 heteroatoms. The van der Waals surface area contributed by atoms with Crippen molar-refractivity contribution in [1.82, 2.24) is 15.0 Å². The summed E-state index contributed by atoms with van der Waals surface area (Å²) in [4.78, 5) is 26.1. The van der Waals surface area contributed by atoms with Gasteiger partial charge in [-0.2, -0.15) is 0 Å². The lowest BCUT2D eigenvalue weighted by Crippen LogP contribution is -2.15. The van der Waals surface area contributed by atoms with Crippen molar-refractivity contribution in [1.29, 1.82) is 0 Å². The van der Waals surface area contributed by atoms with Gasteiger partial charge in [-0.3, -0.25) is 4.79 Å². The number of pyridine rings is 1. The predicted octanol–water partition coefficient (Wildman–Crippen LogP) is 3.59. The van der Waals surface area contributed by atoms with E-state index >= 15 is 0 Å². The maximum Gasteiger partial charge on any atom is 0.256 e. The van der Waals surface area contributed by atoms with Crippen molar-refractivity contribution in [3.8, 4) is 0 Å². The third-order valence-electron chi connectivity index (χ3n) is 3.62. The molecule has 2 heterocycles. The van der Waals surface area contributed by atoms with Gasteiger partial charge in [0.2, 0.25) is 0 Å². The molecule has 0 saturated heterocycles. The minimum absolute atomic E-state index is 0. The average Bonchev–Trinajstić information content (AvgIpc) is 2.61. The zero-order valence-corrected chi connectivity index (χ0v) is 13.8. The van der Waals surface area contributed by atoms with Crippen LogP contribution in [0.3, 0.4) is 0 Å². The summed E-state index contributed by atoms with van der Waals surface area (Å²) in [7, 11) is 1.75. The Labute approximate surface area is 145 Å². The third-order valence-corrected chi connectivity index (χ3v) is 3.62. The summed E-state index contributed by atoms with van der Waals surface area (Å²) in [6.45, 7) is 1.90. The van der Waals surface area contributed by atoms with Crippen molar-refractivity contribution < 1.29 is 10.6 Å². The Bertz CT molecular complexity index is 907. The molecule has 0 fully saturated rings. The van der Waals surface area contributed by atoms with Gasteiger partial charge in [0.05, 0.1) is 18.1 Å². The van der Waals surface area contributed by atoms with Crippen LogP contribution in [0.2, 0.25) is 0 Å². The van der Waals surface area contributed by atoms with Crippen LogP contribution in [0.15, 0.2) is 55.2 Å². The van der Waals surface area contributed by atoms with Gasteiger partial charge in [0.25, 0.3) is 5.91 Å². The van der Waals surface area contributed by atoms with E-state index in [1.54, 1.807) is 42.7 Å². The zero-order valence-electron chi connectivity index (χ0n) is 13.8. The predicted molar refractivity (Wildman–Crippen MR) is 95.5 cm³/mol. The molecule has 0 saturated carbocycles. The van der Waals surface area contributed by atoms with E-state index in [0.29, 0.717) is 17.2 Å². The zero-order chi connectivity index (χ0) is 17.8. The first-order chi connectivity index (χ1) is 12.0. The molecule has 128 valence electrons. The first-order valence-electron chi connectivity index (χ1n) is 7.56. The fraction of sp³-hybridized carbons (Fsp3) is 0.111. The van der Waals surface area contributed by atoms with E-state index in [1.165, 1.54) is 18.5 Å². The molecule has 3 aromatic rings. The number of carbonyl (C=O) groups excluding carboxylic acids is 1. The summed E-state index contributed by atoms with van der Waals surface area (Å²) >= 11 is 0. The van der Waals surface area contributed by atoms with Crippen molar-refractivity contribution in [3.05, 3.63) is 72.2 Å². The molecule has 0 unspecified atom stereocenters. The largest absolute Gasteiger partial charge is 0.342 e. The fourth-order valence-electron chi connectivity index (χ4n) is 2.31. The highest BCUT2D eigenvalue weighted by molar-refractivity contribution is 6.04. The second kappa shape index (κ2) is 7.04. The molecule has 0 atom stereocenters. The number of anilines is 3. The smallest absolute Gasteiger partial charge is 0.256 e. The third kappa shape index (κ3) is 3.95. The van der Waals surface area contributed by atoms with Gasteiger partial charge in [-0.15, -0.1) is 0 Å². The van der Waals surface area contributed by atoms with Crippen molar-refractivity contribution in [3.63, 3.8) is 0 Å². The summed E-state index contributed by atoms with van der Waals surface area (Å²) in [6.07, 6.45) is 6.23. The van der Waals surface area contributed by atoms with Crippen LogP contribution in [0.5, 0.6) is 0 Å². The van der Waals surface area contributed by atoms with Gasteiger partial charge in [0, 0.05) is 25.9 Å². The summed E-state index contributed by atoms with van der Waals surface area (Å²) in [5, 5.41) is 2.67. The lowest BCUT2D eigenvalue weighted by Gasteiger charge is -2.19. The summed E-state index contributed by atoms with van der Waals surface area (Å²) in [5.74, 6) is -0.527. The number of halogens is 1. The number of aromatic nitrogens is 3.